The predicted molar refractivity (Wildman–Crippen MR) is 131 cm³/mol. The number of nitrogens with zero attached hydrogens (tertiary/aromatic N) is 3. The summed E-state index contributed by atoms with van der Waals surface area (Å²) >= 11 is 7.66. The maximum atomic E-state index is 5.85. The second-order valence-electron chi connectivity index (χ2n) is 9.49. The molecule has 0 spiro atoms. The van der Waals surface area contributed by atoms with E-state index in [4.69, 9.17) is 17.2 Å². The molecule has 158 valence electrons. The maximum absolute atomic E-state index is 5.85. The number of hydrogen-bond donors (Lipinski definition) is 1. The molecule has 0 amide bonds. The van der Waals surface area contributed by atoms with Gasteiger partial charge in [0.2, 0.25) is 0 Å². The molecule has 4 nitrogen and oxygen atoms in total. The quantitative estimate of drug-likeness (QED) is 0.577. The van der Waals surface area contributed by atoms with E-state index < -0.39 is 0 Å². The molecule has 0 bridgehead atoms. The van der Waals surface area contributed by atoms with E-state index >= 15 is 0 Å². The fourth-order valence-electron chi connectivity index (χ4n) is 4.25. The lowest BCUT2D eigenvalue weighted by atomic mass is 9.98. The molecule has 2 fully saturated rings. The Morgan fingerprint density at radius 1 is 0.966 bits per heavy atom. The number of anilines is 2. The molecule has 0 aliphatic carbocycles. The average Bonchev–Trinajstić information content (AvgIpc) is 2.93. The van der Waals surface area contributed by atoms with Crippen molar-refractivity contribution in [1.82, 2.24) is 9.88 Å². The first-order valence-corrected chi connectivity index (χ1v) is 12.4. The van der Waals surface area contributed by atoms with Crippen LogP contribution in [0, 0.1) is 0 Å². The third-order valence-corrected chi connectivity index (χ3v) is 7.78. The second kappa shape index (κ2) is 8.76. The number of thiazole rings is 1. The molecule has 1 aromatic carbocycles. The Balaban J connectivity index is 1.68. The van der Waals surface area contributed by atoms with Crippen LogP contribution in [0.5, 0.6) is 0 Å². The smallest absolute Gasteiger partial charge is 0.173 e. The van der Waals surface area contributed by atoms with Crippen LogP contribution in [-0.4, -0.2) is 41.2 Å². The molecule has 2 aromatic rings. The molecule has 2 aliphatic heterocycles. The van der Waals surface area contributed by atoms with Gasteiger partial charge in [-0.15, -0.1) is 11.3 Å². The van der Waals surface area contributed by atoms with Crippen molar-refractivity contribution < 1.29 is 0 Å². The number of nitrogens with one attached hydrogen (secondary N) is 1. The lowest BCUT2D eigenvalue weighted by Crippen LogP contribution is -2.36. The zero-order valence-electron chi connectivity index (χ0n) is 18.1. The number of rotatable bonds is 2. The van der Waals surface area contributed by atoms with Gasteiger partial charge >= 0.3 is 0 Å². The summed E-state index contributed by atoms with van der Waals surface area (Å²) in [7, 11) is 0. The molecule has 6 heteroatoms. The Morgan fingerprint density at radius 3 is 2.24 bits per heavy atom. The van der Waals surface area contributed by atoms with Crippen LogP contribution in [-0.2, 0) is 5.41 Å². The molecule has 1 N–H and O–H groups in total. The third-order valence-electron chi connectivity index (χ3n) is 5.98. The molecule has 0 radical (unpaired) electrons. The maximum Gasteiger partial charge on any atom is 0.173 e. The molecule has 1 aromatic heterocycles. The molecule has 3 heterocycles. The highest BCUT2D eigenvalue weighted by Gasteiger charge is 2.23. The fourth-order valence-corrected chi connectivity index (χ4v) is 5.59. The van der Waals surface area contributed by atoms with Gasteiger partial charge in [-0.25, -0.2) is 4.98 Å². The summed E-state index contributed by atoms with van der Waals surface area (Å²) in [5.41, 5.74) is 3.61. The summed E-state index contributed by atoms with van der Waals surface area (Å²) in [6.07, 6.45) is 8.98. The van der Waals surface area contributed by atoms with Crippen molar-refractivity contribution in [3.05, 3.63) is 17.1 Å². The minimum Gasteiger partial charge on any atom is -0.370 e. The molecule has 2 aliphatic rings. The minimum absolute atomic E-state index is 0.0733. The molecular formula is C23H34N4S2. The number of thiocarbonyl (C=S) groups is 1. The van der Waals surface area contributed by atoms with Crippen molar-refractivity contribution in [2.75, 3.05) is 36.4 Å². The van der Waals surface area contributed by atoms with Gasteiger partial charge < -0.3 is 15.1 Å². The van der Waals surface area contributed by atoms with Crippen molar-refractivity contribution in [1.29, 1.82) is 0 Å². The van der Waals surface area contributed by atoms with Gasteiger partial charge in [0.25, 0.3) is 0 Å². The van der Waals surface area contributed by atoms with Crippen molar-refractivity contribution in [3.8, 4) is 0 Å². The van der Waals surface area contributed by atoms with Gasteiger partial charge in [0.1, 0.15) is 0 Å². The summed E-state index contributed by atoms with van der Waals surface area (Å²) in [5.74, 6) is 0. The van der Waals surface area contributed by atoms with Gasteiger partial charge in [-0.1, -0.05) is 33.6 Å². The highest BCUT2D eigenvalue weighted by Crippen LogP contribution is 2.38. The lowest BCUT2D eigenvalue weighted by Gasteiger charge is -2.32. The summed E-state index contributed by atoms with van der Waals surface area (Å²) < 4.78 is 1.25. The molecule has 0 atom stereocenters. The number of likely N-dealkylation sites (tertiary alicyclic amines) is 1. The zero-order chi connectivity index (χ0) is 20.4. The van der Waals surface area contributed by atoms with Crippen molar-refractivity contribution >= 4 is 50.3 Å². The van der Waals surface area contributed by atoms with E-state index in [2.05, 4.69) is 48.0 Å². The minimum atomic E-state index is 0.0733. The third kappa shape index (κ3) is 4.85. The molecule has 0 saturated carbocycles. The highest BCUT2D eigenvalue weighted by molar-refractivity contribution is 7.80. The van der Waals surface area contributed by atoms with Crippen LogP contribution in [0.2, 0.25) is 0 Å². The van der Waals surface area contributed by atoms with E-state index in [0.29, 0.717) is 0 Å². The summed E-state index contributed by atoms with van der Waals surface area (Å²) in [6, 6.07) is 4.58. The summed E-state index contributed by atoms with van der Waals surface area (Å²) in [4.78, 5) is 9.86. The van der Waals surface area contributed by atoms with Crippen molar-refractivity contribution in [3.63, 3.8) is 0 Å². The van der Waals surface area contributed by atoms with Crippen LogP contribution >= 0.6 is 23.6 Å². The Kier molecular flexibility index (Phi) is 6.30. The van der Waals surface area contributed by atoms with E-state index in [1.165, 1.54) is 60.3 Å². The van der Waals surface area contributed by atoms with Crippen molar-refractivity contribution in [2.45, 2.75) is 71.1 Å². The van der Waals surface area contributed by atoms with E-state index in [1.54, 1.807) is 0 Å². The van der Waals surface area contributed by atoms with E-state index in [1.807, 2.05) is 11.3 Å². The van der Waals surface area contributed by atoms with Gasteiger partial charge in [0.15, 0.2) is 5.11 Å². The first kappa shape index (κ1) is 20.9. The van der Waals surface area contributed by atoms with Crippen LogP contribution < -0.4 is 10.2 Å². The van der Waals surface area contributed by atoms with Crippen LogP contribution in [0.15, 0.2) is 12.1 Å². The largest absolute Gasteiger partial charge is 0.370 e. The van der Waals surface area contributed by atoms with Gasteiger partial charge in [-0.2, -0.15) is 0 Å². The van der Waals surface area contributed by atoms with Gasteiger partial charge in [0.05, 0.1) is 26.6 Å². The van der Waals surface area contributed by atoms with Crippen molar-refractivity contribution in [2.24, 2.45) is 0 Å². The lowest BCUT2D eigenvalue weighted by molar-refractivity contribution is 0.441. The average molecular weight is 431 g/mol. The summed E-state index contributed by atoms with van der Waals surface area (Å²) in [6.45, 7) is 11.1. The van der Waals surface area contributed by atoms with Gasteiger partial charge in [-0.05, 0) is 56.5 Å². The topological polar surface area (TPSA) is 31.4 Å². The van der Waals surface area contributed by atoms with Crippen LogP contribution in [0.25, 0.3) is 10.2 Å². The first-order chi connectivity index (χ1) is 13.9. The number of piperidine rings is 1. The Hall–Kier alpha value is -1.40. The molecule has 2 saturated heterocycles. The second-order valence-corrected chi connectivity index (χ2v) is 10.9. The number of benzene rings is 1. The molecule has 4 rings (SSSR count). The molecular weight excluding hydrogens is 396 g/mol. The predicted octanol–water partition coefficient (Wildman–Crippen LogP) is 6.16. The van der Waals surface area contributed by atoms with Crippen LogP contribution in [0.1, 0.15) is 70.7 Å². The van der Waals surface area contributed by atoms with Crippen LogP contribution in [0.3, 0.4) is 0 Å². The van der Waals surface area contributed by atoms with E-state index in [-0.39, 0.29) is 5.41 Å². The number of aromatic nitrogens is 1. The van der Waals surface area contributed by atoms with E-state index in [0.717, 1.165) is 42.5 Å². The fraction of sp³-hybridized carbons (Fsp3) is 0.652. The SMILES string of the molecule is CC(C)(C)c1nc2cc(N3CCCCC3)c(NC(=S)N3CCCCCC3)cc2s1. The summed E-state index contributed by atoms with van der Waals surface area (Å²) in [5, 5.41) is 5.72. The van der Waals surface area contributed by atoms with Crippen LogP contribution in [0.4, 0.5) is 11.4 Å². The van der Waals surface area contributed by atoms with Gasteiger partial charge in [0, 0.05) is 31.6 Å². The Bertz CT molecular complexity index is 854. The molecule has 0 unspecified atom stereocenters. The normalized spacial score (nSPS) is 18.7. The molecule has 29 heavy (non-hydrogen) atoms. The Morgan fingerprint density at radius 2 is 1.59 bits per heavy atom. The first-order valence-electron chi connectivity index (χ1n) is 11.2. The highest BCUT2D eigenvalue weighted by atomic mass is 32.1. The van der Waals surface area contributed by atoms with Gasteiger partial charge in [-0.3, -0.25) is 0 Å². The van der Waals surface area contributed by atoms with E-state index in [9.17, 15) is 0 Å². The number of fused-ring (bicyclic) bond motifs is 1. The number of hydrogen-bond acceptors (Lipinski definition) is 4. The standard InChI is InChI=1S/C23H34N4S2/c1-23(2,3)21-24-18-15-19(26-11-9-6-10-12-26)17(16-20(18)29-21)25-22(28)27-13-7-4-5-8-14-27/h15-16H,4-14H2,1-3H3,(H,25,28). The monoisotopic (exact) mass is 430 g/mol. The Labute approximate surface area is 184 Å². The zero-order valence-corrected chi connectivity index (χ0v) is 19.7.